The largest absolute Gasteiger partial charge is 0.331 e. The number of hydrogen-bond donors (Lipinski definition) is 0. The molecule has 1 aliphatic heterocycles. The summed E-state index contributed by atoms with van der Waals surface area (Å²) in [5, 5.41) is 7.84. The number of aromatic nitrogens is 3. The first-order chi connectivity index (χ1) is 13.9. The van der Waals surface area contributed by atoms with Crippen LogP contribution in [0.4, 0.5) is 17.6 Å². The van der Waals surface area contributed by atoms with Crippen LogP contribution in [0.5, 0.6) is 0 Å². The minimum atomic E-state index is -1.24. The third-order valence-electron chi connectivity index (χ3n) is 4.90. The summed E-state index contributed by atoms with van der Waals surface area (Å²) in [6, 6.07) is 5.61. The van der Waals surface area contributed by atoms with Gasteiger partial charge in [0.15, 0.2) is 17.5 Å². The van der Waals surface area contributed by atoms with Gasteiger partial charge in [-0.1, -0.05) is 6.07 Å². The van der Waals surface area contributed by atoms with Crippen LogP contribution in [0, 0.1) is 23.3 Å². The molecule has 0 radical (unpaired) electrons. The molecular weight excluding hydrogens is 388 g/mol. The van der Waals surface area contributed by atoms with Gasteiger partial charge in [-0.15, -0.1) is 10.2 Å². The molecule has 1 amide bonds. The maximum atomic E-state index is 13.7. The van der Waals surface area contributed by atoms with Crippen molar-refractivity contribution in [3.8, 4) is 5.69 Å². The number of hydrogen-bond acceptors (Lipinski definition) is 3. The Morgan fingerprint density at radius 3 is 2.62 bits per heavy atom. The number of carbonyl (C=O) groups excluding carboxylic acids is 1. The first-order valence-electron chi connectivity index (χ1n) is 9.01. The second-order valence-corrected chi connectivity index (χ2v) is 6.85. The predicted molar refractivity (Wildman–Crippen MR) is 94.8 cm³/mol. The van der Waals surface area contributed by atoms with Crippen LogP contribution in [0.1, 0.15) is 29.8 Å². The van der Waals surface area contributed by atoms with Gasteiger partial charge in [-0.05, 0) is 42.2 Å². The molecule has 2 heterocycles. The molecule has 0 fully saturated rings. The SMILES string of the molecule is O=C(CCCc1cc(F)c(F)cc1F)N1Cc2ccc(F)cc2-n2cnnc2C1. The van der Waals surface area contributed by atoms with Crippen molar-refractivity contribution < 1.29 is 22.4 Å². The molecular formula is C20H16F4N4O. The van der Waals surface area contributed by atoms with Crippen molar-refractivity contribution in [1.82, 2.24) is 19.7 Å². The Balaban J connectivity index is 1.47. The van der Waals surface area contributed by atoms with E-state index < -0.39 is 23.3 Å². The summed E-state index contributed by atoms with van der Waals surface area (Å²) < 4.78 is 55.4. The Labute approximate surface area is 163 Å². The molecule has 0 saturated carbocycles. The Bertz CT molecular complexity index is 1080. The Morgan fingerprint density at radius 1 is 1.00 bits per heavy atom. The summed E-state index contributed by atoms with van der Waals surface area (Å²) in [4.78, 5) is 14.3. The molecule has 29 heavy (non-hydrogen) atoms. The molecule has 0 bridgehead atoms. The molecule has 0 unspecified atom stereocenters. The molecule has 1 aliphatic rings. The summed E-state index contributed by atoms with van der Waals surface area (Å²) in [6.45, 7) is 0.450. The van der Waals surface area contributed by atoms with Gasteiger partial charge in [-0.25, -0.2) is 17.6 Å². The van der Waals surface area contributed by atoms with Crippen LogP contribution in [0.15, 0.2) is 36.7 Å². The summed E-state index contributed by atoms with van der Waals surface area (Å²) in [6.07, 6.45) is 1.91. The second-order valence-electron chi connectivity index (χ2n) is 6.85. The van der Waals surface area contributed by atoms with E-state index in [1.54, 1.807) is 15.5 Å². The van der Waals surface area contributed by atoms with Crippen molar-refractivity contribution in [2.75, 3.05) is 0 Å². The average Bonchev–Trinajstić information content (AvgIpc) is 3.08. The standard InChI is InChI=1S/C20H16F4N4O/c21-14-5-4-13-9-27(10-19-26-25-11-28(19)18(13)7-14)20(29)3-1-2-12-6-16(23)17(24)8-15(12)22/h4-8,11H,1-3,9-10H2. The number of rotatable bonds is 4. The smallest absolute Gasteiger partial charge is 0.223 e. The Kier molecular flexibility index (Phi) is 5.04. The lowest BCUT2D eigenvalue weighted by atomic mass is 10.1. The maximum absolute atomic E-state index is 13.7. The number of carbonyl (C=O) groups is 1. The highest BCUT2D eigenvalue weighted by molar-refractivity contribution is 5.76. The minimum absolute atomic E-state index is 0.0214. The van der Waals surface area contributed by atoms with Crippen LogP contribution in [-0.2, 0) is 24.3 Å². The normalized spacial score (nSPS) is 13.0. The van der Waals surface area contributed by atoms with Crippen molar-refractivity contribution in [3.05, 3.63) is 76.9 Å². The molecule has 0 aliphatic carbocycles. The van der Waals surface area contributed by atoms with E-state index >= 15 is 0 Å². The van der Waals surface area contributed by atoms with Crippen molar-refractivity contribution in [2.45, 2.75) is 32.4 Å². The highest BCUT2D eigenvalue weighted by atomic mass is 19.2. The zero-order valence-corrected chi connectivity index (χ0v) is 15.2. The third-order valence-corrected chi connectivity index (χ3v) is 4.90. The predicted octanol–water partition coefficient (Wildman–Crippen LogP) is 3.69. The molecule has 3 aromatic rings. The van der Waals surface area contributed by atoms with Gasteiger partial charge in [0.25, 0.3) is 0 Å². The molecule has 1 aromatic heterocycles. The van der Waals surface area contributed by atoms with Gasteiger partial charge in [0, 0.05) is 19.0 Å². The number of fused-ring (bicyclic) bond motifs is 3. The van der Waals surface area contributed by atoms with Crippen LogP contribution in [-0.4, -0.2) is 25.6 Å². The minimum Gasteiger partial charge on any atom is -0.331 e. The maximum Gasteiger partial charge on any atom is 0.223 e. The van der Waals surface area contributed by atoms with Gasteiger partial charge in [0.2, 0.25) is 5.91 Å². The van der Waals surface area contributed by atoms with Crippen LogP contribution in [0.25, 0.3) is 5.69 Å². The highest BCUT2D eigenvalue weighted by Crippen LogP contribution is 2.25. The van der Waals surface area contributed by atoms with Crippen molar-refractivity contribution in [2.24, 2.45) is 0 Å². The number of aryl methyl sites for hydroxylation is 1. The zero-order valence-electron chi connectivity index (χ0n) is 15.2. The van der Waals surface area contributed by atoms with Crippen LogP contribution >= 0.6 is 0 Å². The highest BCUT2D eigenvalue weighted by Gasteiger charge is 2.24. The lowest BCUT2D eigenvalue weighted by molar-refractivity contribution is -0.132. The lowest BCUT2D eigenvalue weighted by Gasteiger charge is -2.20. The summed E-state index contributed by atoms with van der Waals surface area (Å²) in [5.74, 6) is -3.32. The Morgan fingerprint density at radius 2 is 1.79 bits per heavy atom. The molecule has 0 spiro atoms. The summed E-state index contributed by atoms with van der Waals surface area (Å²) in [5.41, 5.74) is 1.34. The van der Waals surface area contributed by atoms with Gasteiger partial charge < -0.3 is 4.90 Å². The topological polar surface area (TPSA) is 51.0 Å². The summed E-state index contributed by atoms with van der Waals surface area (Å²) in [7, 11) is 0. The average molecular weight is 404 g/mol. The number of benzene rings is 2. The van der Waals surface area contributed by atoms with E-state index in [2.05, 4.69) is 10.2 Å². The fourth-order valence-electron chi connectivity index (χ4n) is 3.42. The van der Waals surface area contributed by atoms with E-state index in [0.29, 0.717) is 17.6 Å². The van der Waals surface area contributed by atoms with Gasteiger partial charge >= 0.3 is 0 Å². The molecule has 9 heteroatoms. The Hall–Kier alpha value is -3.23. The molecule has 0 N–H and O–H groups in total. The molecule has 2 aromatic carbocycles. The molecule has 0 atom stereocenters. The van der Waals surface area contributed by atoms with E-state index in [1.807, 2.05) is 0 Å². The fourth-order valence-corrected chi connectivity index (χ4v) is 3.42. The first kappa shape index (κ1) is 19.1. The summed E-state index contributed by atoms with van der Waals surface area (Å²) >= 11 is 0. The van der Waals surface area contributed by atoms with Crippen molar-refractivity contribution >= 4 is 5.91 Å². The van der Waals surface area contributed by atoms with Gasteiger partial charge in [0.1, 0.15) is 18.0 Å². The van der Waals surface area contributed by atoms with E-state index in [1.165, 1.54) is 18.5 Å². The van der Waals surface area contributed by atoms with E-state index in [0.717, 1.165) is 11.6 Å². The fraction of sp³-hybridized carbons (Fsp3) is 0.250. The molecule has 150 valence electrons. The van der Waals surface area contributed by atoms with Gasteiger partial charge in [-0.3, -0.25) is 9.36 Å². The van der Waals surface area contributed by atoms with Gasteiger partial charge in [0.05, 0.1) is 12.2 Å². The van der Waals surface area contributed by atoms with E-state index in [4.69, 9.17) is 0 Å². The van der Waals surface area contributed by atoms with Crippen molar-refractivity contribution in [3.63, 3.8) is 0 Å². The third kappa shape index (κ3) is 3.85. The first-order valence-corrected chi connectivity index (χ1v) is 9.01. The van der Waals surface area contributed by atoms with Gasteiger partial charge in [-0.2, -0.15) is 0 Å². The quantitative estimate of drug-likeness (QED) is 0.492. The van der Waals surface area contributed by atoms with Crippen LogP contribution in [0.3, 0.4) is 0 Å². The van der Waals surface area contributed by atoms with Crippen LogP contribution < -0.4 is 0 Å². The number of halogens is 4. The molecule has 4 rings (SSSR count). The van der Waals surface area contributed by atoms with Crippen molar-refractivity contribution in [1.29, 1.82) is 0 Å². The number of amides is 1. The number of nitrogens with zero attached hydrogens (tertiary/aromatic N) is 4. The lowest BCUT2D eigenvalue weighted by Crippen LogP contribution is -2.29. The second kappa shape index (κ2) is 7.65. The molecule has 5 nitrogen and oxygen atoms in total. The zero-order chi connectivity index (χ0) is 20.5. The monoisotopic (exact) mass is 404 g/mol. The van der Waals surface area contributed by atoms with Crippen LogP contribution in [0.2, 0.25) is 0 Å². The van der Waals surface area contributed by atoms with E-state index in [-0.39, 0.29) is 43.8 Å². The molecule has 0 saturated heterocycles. The van der Waals surface area contributed by atoms with E-state index in [9.17, 15) is 22.4 Å².